The summed E-state index contributed by atoms with van der Waals surface area (Å²) < 4.78 is 0.0688. The Morgan fingerprint density at radius 2 is 1.92 bits per heavy atom. The molecule has 1 fully saturated rings. The van der Waals surface area contributed by atoms with E-state index in [1.54, 1.807) is 0 Å². The molecule has 0 amide bonds. The van der Waals surface area contributed by atoms with E-state index < -0.39 is 0 Å². The van der Waals surface area contributed by atoms with Crippen LogP contribution in [0.1, 0.15) is 58.3 Å². The van der Waals surface area contributed by atoms with Crippen LogP contribution < -0.4 is 0 Å². The normalized spacial score (nSPS) is 24.1. The van der Waals surface area contributed by atoms with Gasteiger partial charge in [-0.3, -0.25) is 0 Å². The van der Waals surface area contributed by atoms with Crippen LogP contribution in [0.4, 0.5) is 0 Å². The molecule has 0 bridgehead atoms. The van der Waals surface area contributed by atoms with Crippen molar-refractivity contribution in [3.63, 3.8) is 0 Å². The third kappa shape index (κ3) is 3.43. The molecule has 1 N–H and O–H groups in total. The van der Waals surface area contributed by atoms with Crippen LogP contribution in [0, 0.1) is 44.6 Å². The van der Waals surface area contributed by atoms with Crippen molar-refractivity contribution in [2.45, 2.75) is 60.0 Å². The third-order valence-electron chi connectivity index (χ3n) is 3.50. The van der Waals surface area contributed by atoms with Gasteiger partial charge in [-0.05, 0) is 0 Å². The van der Waals surface area contributed by atoms with Gasteiger partial charge in [-0.15, -0.1) is 0 Å². The van der Waals surface area contributed by atoms with Crippen LogP contribution in [0.5, 0.6) is 0 Å². The summed E-state index contributed by atoms with van der Waals surface area (Å²) in [7, 11) is 0. The van der Waals surface area contributed by atoms with Crippen LogP contribution in [0.15, 0.2) is 0 Å². The molecule has 0 saturated heterocycles. The fourth-order valence-corrected chi connectivity index (χ4v) is 4.08. The van der Waals surface area contributed by atoms with Gasteiger partial charge in [0.2, 0.25) is 0 Å². The average molecular weight is 310 g/mol. The maximum absolute atomic E-state index is 9.93. The Hall–Kier alpha value is 1.32. The molecule has 1 rings (SSSR count). The molecule has 0 radical (unpaired) electrons. The van der Waals surface area contributed by atoms with E-state index in [-0.39, 0.29) is 1.69 Å². The van der Waals surface area contributed by atoms with Gasteiger partial charge in [0.1, 0.15) is 0 Å². The van der Waals surface area contributed by atoms with E-state index in [0.29, 0.717) is 5.41 Å². The molecule has 1 aliphatic rings. The van der Waals surface area contributed by atoms with Gasteiger partial charge in [0.25, 0.3) is 0 Å². The molecule has 1 atom stereocenters. The van der Waals surface area contributed by atoms with E-state index in [0.717, 1.165) is 39.2 Å². The third-order valence-corrected chi connectivity index (χ3v) is 5.77. The molecule has 74 valence electrons. The molecular weight excluding hydrogens is 289 g/mol. The number of unbranched alkanes of at least 4 members (excludes halogenated alkanes) is 1. The van der Waals surface area contributed by atoms with Crippen LogP contribution in [-0.4, -0.2) is 6.79 Å². The summed E-state index contributed by atoms with van der Waals surface area (Å²) in [5.74, 6) is 0. The van der Waals surface area contributed by atoms with Gasteiger partial charge < -0.3 is 0 Å². The Morgan fingerprint density at radius 1 is 1.31 bits per heavy atom. The number of aliphatic hydroxyl groups excluding tert-OH is 1. The van der Waals surface area contributed by atoms with Crippen molar-refractivity contribution in [3.8, 4) is 0 Å². The van der Waals surface area contributed by atoms with Gasteiger partial charge in [-0.2, -0.15) is 0 Å². The molecule has 0 heterocycles. The second-order valence-corrected chi connectivity index (χ2v) is 6.50. The van der Waals surface area contributed by atoms with Crippen molar-refractivity contribution >= 4 is 0 Å². The van der Waals surface area contributed by atoms with Crippen LogP contribution >= 0.6 is 0 Å². The summed E-state index contributed by atoms with van der Waals surface area (Å²) >= 11 is 0.750. The van der Waals surface area contributed by atoms with Crippen LogP contribution in [0.25, 0.3) is 0 Å². The van der Waals surface area contributed by atoms with Crippen molar-refractivity contribution in [1.82, 2.24) is 0 Å². The second-order valence-electron chi connectivity index (χ2n) is 4.47. The molecule has 2 heteroatoms. The van der Waals surface area contributed by atoms with E-state index in [1.165, 1.54) is 51.4 Å². The molecule has 0 aromatic heterocycles. The Bertz CT molecular complexity index is 139. The fraction of sp³-hybridized carbons (Fsp3) is 1.00. The quantitative estimate of drug-likeness (QED) is 0.846. The van der Waals surface area contributed by atoms with E-state index >= 15 is 0 Å². The van der Waals surface area contributed by atoms with E-state index in [2.05, 4.69) is 6.92 Å². The molecule has 0 aliphatic heterocycles. The van der Waals surface area contributed by atoms with Crippen LogP contribution in [0.2, 0.25) is 0 Å². The van der Waals surface area contributed by atoms with Crippen LogP contribution in [-0.2, 0) is 0 Å². The van der Waals surface area contributed by atoms with E-state index in [1.807, 2.05) is 0 Å². The van der Waals surface area contributed by atoms with Crippen molar-refractivity contribution in [3.05, 3.63) is 0 Å². The molecule has 1 nitrogen and oxygen atoms in total. The molecular formula is C11H21OPr. The number of aliphatic hydroxyl groups is 1. The summed E-state index contributed by atoms with van der Waals surface area (Å²) in [6.07, 6.45) is 10.6. The van der Waals surface area contributed by atoms with E-state index in [4.69, 9.17) is 0 Å². The first-order valence-corrected chi connectivity index (χ1v) is 7.79. The number of hydrogen-bond donors (Lipinski definition) is 1. The Labute approximate surface area is 109 Å². The van der Waals surface area contributed by atoms with Crippen LogP contribution in [0.3, 0.4) is 0 Å². The van der Waals surface area contributed by atoms with Gasteiger partial charge >= 0.3 is 110 Å². The number of hydrogen-bond acceptors (Lipinski definition) is 1. The van der Waals surface area contributed by atoms with E-state index in [9.17, 15) is 5.11 Å². The first kappa shape index (κ1) is 12.4. The van der Waals surface area contributed by atoms with Crippen molar-refractivity contribution in [2.75, 3.05) is 0 Å². The summed E-state index contributed by atoms with van der Waals surface area (Å²) in [6.45, 7) is 2.25. The zero-order chi connectivity index (χ0) is 9.73. The topological polar surface area (TPSA) is 20.2 Å². The molecule has 0 aromatic rings. The first-order valence-electron chi connectivity index (χ1n) is 5.65. The standard InChI is InChI=1S/C11H21O.Pr/c1-2-3-7-11(10-12)8-5-4-6-9-11;/h10,12H,2-9H2,1H3;. The fourth-order valence-electron chi connectivity index (χ4n) is 2.48. The summed E-state index contributed by atoms with van der Waals surface area (Å²) in [5.41, 5.74) is 0.360. The Kier molecular flexibility index (Phi) is 5.75. The van der Waals surface area contributed by atoms with Gasteiger partial charge in [-0.25, -0.2) is 0 Å². The zero-order valence-corrected chi connectivity index (χ0v) is 12.5. The summed E-state index contributed by atoms with van der Waals surface area (Å²) in [5, 5.41) is 9.93. The minimum atomic E-state index is 0.0688. The maximum atomic E-state index is 9.93. The molecule has 0 aromatic carbocycles. The first-order chi connectivity index (χ1) is 6.21. The van der Waals surface area contributed by atoms with Gasteiger partial charge in [0.05, 0.1) is 0 Å². The molecule has 0 spiro atoms. The predicted octanol–water partition coefficient (Wildman–Crippen LogP) is 2.99. The Balaban J connectivity index is 2.51. The SMILES string of the molecule is CCCCC1([CH](O)[Pr])CCCCC1. The van der Waals surface area contributed by atoms with Gasteiger partial charge in [-0.1, -0.05) is 0 Å². The molecule has 13 heavy (non-hydrogen) atoms. The summed E-state index contributed by atoms with van der Waals surface area (Å²) in [4.78, 5) is 0. The zero-order valence-electron chi connectivity index (χ0n) is 8.76. The van der Waals surface area contributed by atoms with Crippen molar-refractivity contribution in [1.29, 1.82) is 0 Å². The molecule has 1 unspecified atom stereocenters. The molecule has 1 saturated carbocycles. The minimum absolute atomic E-state index is 0.0688. The van der Waals surface area contributed by atoms with Gasteiger partial charge in [0.15, 0.2) is 0 Å². The van der Waals surface area contributed by atoms with Crippen molar-refractivity contribution in [2.24, 2.45) is 5.41 Å². The second kappa shape index (κ2) is 6.03. The monoisotopic (exact) mass is 310 g/mol. The predicted molar refractivity (Wildman–Crippen MR) is 51.0 cm³/mol. The molecule has 1 aliphatic carbocycles. The van der Waals surface area contributed by atoms with Crippen molar-refractivity contribution < 1.29 is 44.3 Å². The average Bonchev–Trinajstić information content (AvgIpc) is 2.16. The number of rotatable bonds is 4. The summed E-state index contributed by atoms with van der Waals surface area (Å²) in [6, 6.07) is 0. The van der Waals surface area contributed by atoms with Gasteiger partial charge in [0, 0.05) is 0 Å². The Morgan fingerprint density at radius 3 is 2.38 bits per heavy atom.